The smallest absolute Gasteiger partial charge is 0.337 e. The zero-order valence-electron chi connectivity index (χ0n) is 12.7. The maximum absolute atomic E-state index is 11.6. The van der Waals surface area contributed by atoms with Crippen molar-refractivity contribution in [2.75, 3.05) is 5.32 Å². The SMILES string of the molecule is O=C(O)c1cccc2c1N[C@H](c1cccc(Cl)c1Cl)[C@H]1CC=C[C@H]21. The van der Waals surface area contributed by atoms with Gasteiger partial charge in [-0.15, -0.1) is 0 Å². The number of fused-ring (bicyclic) bond motifs is 3. The number of nitrogens with one attached hydrogen (secondary N) is 1. The Morgan fingerprint density at radius 1 is 1.12 bits per heavy atom. The van der Waals surface area contributed by atoms with Crippen LogP contribution in [0.1, 0.15) is 39.9 Å². The highest BCUT2D eigenvalue weighted by Gasteiger charge is 2.40. The summed E-state index contributed by atoms with van der Waals surface area (Å²) < 4.78 is 0. The van der Waals surface area contributed by atoms with E-state index in [1.807, 2.05) is 18.2 Å². The Kier molecular flexibility index (Phi) is 3.78. The molecule has 4 rings (SSSR count). The fourth-order valence-electron chi connectivity index (χ4n) is 3.87. The number of halogens is 2. The van der Waals surface area contributed by atoms with Gasteiger partial charge >= 0.3 is 5.97 Å². The predicted octanol–water partition coefficient (Wildman–Crippen LogP) is 5.52. The second-order valence-electron chi connectivity index (χ2n) is 6.19. The Morgan fingerprint density at radius 3 is 2.67 bits per heavy atom. The number of allylic oxidation sites excluding steroid dienone is 2. The monoisotopic (exact) mass is 359 g/mol. The number of carboxylic acids is 1. The second kappa shape index (κ2) is 5.83. The van der Waals surface area contributed by atoms with E-state index in [9.17, 15) is 9.90 Å². The number of carboxylic acid groups (broad SMARTS) is 1. The van der Waals surface area contributed by atoms with Crippen molar-refractivity contribution in [1.29, 1.82) is 0 Å². The maximum atomic E-state index is 11.6. The molecular weight excluding hydrogens is 345 g/mol. The van der Waals surface area contributed by atoms with Crippen LogP contribution >= 0.6 is 23.2 Å². The fraction of sp³-hybridized carbons (Fsp3) is 0.211. The van der Waals surface area contributed by atoms with Gasteiger partial charge in [0.1, 0.15) is 0 Å². The molecule has 0 radical (unpaired) electrons. The van der Waals surface area contributed by atoms with Gasteiger partial charge in [0, 0.05) is 5.92 Å². The molecule has 1 aliphatic carbocycles. The number of hydrogen-bond acceptors (Lipinski definition) is 2. The van der Waals surface area contributed by atoms with Crippen molar-refractivity contribution >= 4 is 34.9 Å². The summed E-state index contributed by atoms with van der Waals surface area (Å²) in [6.45, 7) is 0. The van der Waals surface area contributed by atoms with Crippen LogP contribution in [-0.2, 0) is 0 Å². The van der Waals surface area contributed by atoms with E-state index in [-0.39, 0.29) is 23.4 Å². The Labute approximate surface area is 149 Å². The quantitative estimate of drug-likeness (QED) is 0.694. The molecule has 0 aromatic heterocycles. The molecule has 3 atom stereocenters. The van der Waals surface area contributed by atoms with Gasteiger partial charge in [0.25, 0.3) is 0 Å². The lowest BCUT2D eigenvalue weighted by atomic mass is 9.76. The number of aromatic carboxylic acids is 1. The van der Waals surface area contributed by atoms with Crippen molar-refractivity contribution in [3.8, 4) is 0 Å². The molecule has 2 aromatic carbocycles. The van der Waals surface area contributed by atoms with E-state index in [4.69, 9.17) is 23.2 Å². The molecule has 0 amide bonds. The van der Waals surface area contributed by atoms with Gasteiger partial charge in [-0.05, 0) is 35.6 Å². The van der Waals surface area contributed by atoms with Crippen molar-refractivity contribution < 1.29 is 9.90 Å². The van der Waals surface area contributed by atoms with Gasteiger partial charge in [-0.1, -0.05) is 59.6 Å². The van der Waals surface area contributed by atoms with Crippen LogP contribution in [0.25, 0.3) is 0 Å². The van der Waals surface area contributed by atoms with Crippen LogP contribution in [0, 0.1) is 5.92 Å². The number of anilines is 1. The summed E-state index contributed by atoms with van der Waals surface area (Å²) in [4.78, 5) is 11.6. The Hall–Kier alpha value is -1.97. The highest BCUT2D eigenvalue weighted by Crippen LogP contribution is 2.52. The summed E-state index contributed by atoms with van der Waals surface area (Å²) in [6.07, 6.45) is 5.24. The normalized spacial score (nSPS) is 24.2. The second-order valence-corrected chi connectivity index (χ2v) is 6.98. The summed E-state index contributed by atoms with van der Waals surface area (Å²) in [5.41, 5.74) is 2.91. The minimum atomic E-state index is -0.935. The van der Waals surface area contributed by atoms with Crippen LogP contribution in [0.3, 0.4) is 0 Å². The molecule has 0 fully saturated rings. The van der Waals surface area contributed by atoms with Gasteiger partial charge < -0.3 is 10.4 Å². The predicted molar refractivity (Wildman–Crippen MR) is 96.2 cm³/mol. The number of benzene rings is 2. The van der Waals surface area contributed by atoms with E-state index in [1.165, 1.54) is 0 Å². The van der Waals surface area contributed by atoms with Crippen molar-refractivity contribution in [3.63, 3.8) is 0 Å². The van der Waals surface area contributed by atoms with Crippen molar-refractivity contribution in [1.82, 2.24) is 0 Å². The molecular formula is C19H15Cl2NO2. The van der Waals surface area contributed by atoms with E-state index < -0.39 is 5.97 Å². The summed E-state index contributed by atoms with van der Waals surface area (Å²) in [7, 11) is 0. The molecule has 2 aliphatic rings. The molecule has 0 saturated carbocycles. The summed E-state index contributed by atoms with van der Waals surface area (Å²) in [5, 5.41) is 14.0. The van der Waals surface area contributed by atoms with E-state index in [0.717, 1.165) is 17.5 Å². The summed E-state index contributed by atoms with van der Waals surface area (Å²) in [6, 6.07) is 10.9. The van der Waals surface area contributed by atoms with E-state index in [1.54, 1.807) is 18.2 Å². The highest BCUT2D eigenvalue weighted by molar-refractivity contribution is 6.42. The standard InChI is InChI=1S/C19H15Cl2NO2/c20-15-9-3-7-13(16(15)21)17-11-5-1-4-10(11)12-6-2-8-14(19(23)24)18(12)22-17/h1-4,6-11,17,22H,5H2,(H,23,24)/t10-,11-,17-/m0/s1. The lowest BCUT2D eigenvalue weighted by molar-refractivity contribution is 0.0697. The molecule has 3 nitrogen and oxygen atoms in total. The fourth-order valence-corrected chi connectivity index (χ4v) is 4.29. The van der Waals surface area contributed by atoms with Crippen LogP contribution in [0.5, 0.6) is 0 Å². The van der Waals surface area contributed by atoms with Crippen LogP contribution in [0.4, 0.5) is 5.69 Å². The topological polar surface area (TPSA) is 49.3 Å². The van der Waals surface area contributed by atoms with Gasteiger partial charge in [0.2, 0.25) is 0 Å². The molecule has 0 spiro atoms. The number of carbonyl (C=O) groups is 1. The minimum absolute atomic E-state index is 0.0794. The molecule has 0 saturated heterocycles. The number of rotatable bonds is 2. The third-order valence-corrected chi connectivity index (χ3v) is 5.78. The molecule has 2 aromatic rings. The first kappa shape index (κ1) is 15.6. The molecule has 122 valence electrons. The van der Waals surface area contributed by atoms with Crippen LogP contribution < -0.4 is 5.32 Å². The lowest BCUT2D eigenvalue weighted by Crippen LogP contribution is -2.30. The van der Waals surface area contributed by atoms with Gasteiger partial charge in [0.15, 0.2) is 0 Å². The largest absolute Gasteiger partial charge is 0.478 e. The molecule has 1 heterocycles. The zero-order chi connectivity index (χ0) is 16.8. The highest BCUT2D eigenvalue weighted by atomic mass is 35.5. The number of para-hydroxylation sites is 1. The Bertz CT molecular complexity index is 862. The Morgan fingerprint density at radius 2 is 1.88 bits per heavy atom. The van der Waals surface area contributed by atoms with Crippen molar-refractivity contribution in [2.45, 2.75) is 18.4 Å². The molecule has 0 unspecified atom stereocenters. The summed E-state index contributed by atoms with van der Waals surface area (Å²) in [5.74, 6) is -0.464. The molecule has 1 aliphatic heterocycles. The van der Waals surface area contributed by atoms with Gasteiger partial charge in [-0.2, -0.15) is 0 Å². The molecule has 2 N–H and O–H groups in total. The van der Waals surface area contributed by atoms with Gasteiger partial charge in [0.05, 0.1) is 27.3 Å². The first-order chi connectivity index (χ1) is 11.6. The Balaban J connectivity index is 1.88. The average molecular weight is 360 g/mol. The van der Waals surface area contributed by atoms with E-state index >= 15 is 0 Å². The van der Waals surface area contributed by atoms with Crippen molar-refractivity contribution in [3.05, 3.63) is 75.3 Å². The lowest BCUT2D eigenvalue weighted by Gasteiger charge is -2.38. The summed E-state index contributed by atoms with van der Waals surface area (Å²) >= 11 is 12.6. The molecule has 0 bridgehead atoms. The first-order valence-electron chi connectivity index (χ1n) is 7.81. The third kappa shape index (κ3) is 2.31. The van der Waals surface area contributed by atoms with Crippen LogP contribution in [0.15, 0.2) is 48.6 Å². The maximum Gasteiger partial charge on any atom is 0.337 e. The van der Waals surface area contributed by atoms with Crippen molar-refractivity contribution in [2.24, 2.45) is 5.92 Å². The average Bonchev–Trinajstić information content (AvgIpc) is 3.06. The van der Waals surface area contributed by atoms with Crippen LogP contribution in [-0.4, -0.2) is 11.1 Å². The van der Waals surface area contributed by atoms with E-state index in [0.29, 0.717) is 15.7 Å². The van der Waals surface area contributed by atoms with Gasteiger partial charge in [-0.25, -0.2) is 4.79 Å². The minimum Gasteiger partial charge on any atom is -0.478 e. The number of hydrogen-bond donors (Lipinski definition) is 2. The van der Waals surface area contributed by atoms with E-state index in [2.05, 4.69) is 17.5 Å². The van der Waals surface area contributed by atoms with Gasteiger partial charge in [-0.3, -0.25) is 0 Å². The molecule has 5 heteroatoms. The zero-order valence-corrected chi connectivity index (χ0v) is 14.2. The molecule has 24 heavy (non-hydrogen) atoms. The van der Waals surface area contributed by atoms with Crippen LogP contribution in [0.2, 0.25) is 10.0 Å². The third-order valence-electron chi connectivity index (χ3n) is 4.94. The first-order valence-corrected chi connectivity index (χ1v) is 8.57.